The molecule has 0 amide bonds. The Kier molecular flexibility index (Phi) is 4.58. The molecule has 1 aliphatic rings. The summed E-state index contributed by atoms with van der Waals surface area (Å²) in [5, 5.41) is 4.21. The van der Waals surface area contributed by atoms with Crippen molar-refractivity contribution in [2.75, 3.05) is 5.73 Å². The molecule has 21 heavy (non-hydrogen) atoms. The Morgan fingerprint density at radius 2 is 1.76 bits per heavy atom. The van der Waals surface area contributed by atoms with Crippen LogP contribution >= 0.6 is 15.9 Å². The Balaban J connectivity index is 1.81. The SMILES string of the molecule is Nc1cc(Br)cc(-c2nc(C3CCCCCCC3)no2)c1. The summed E-state index contributed by atoms with van der Waals surface area (Å²) < 4.78 is 6.37. The van der Waals surface area contributed by atoms with Crippen molar-refractivity contribution in [2.45, 2.75) is 50.9 Å². The molecule has 3 rings (SSSR count). The zero-order valence-corrected chi connectivity index (χ0v) is 13.6. The summed E-state index contributed by atoms with van der Waals surface area (Å²) in [6.07, 6.45) is 8.87. The highest BCUT2D eigenvalue weighted by Gasteiger charge is 2.20. The minimum Gasteiger partial charge on any atom is -0.399 e. The number of rotatable bonds is 2. The number of hydrogen-bond donors (Lipinski definition) is 1. The molecule has 0 aliphatic heterocycles. The lowest BCUT2D eigenvalue weighted by Crippen LogP contribution is -2.04. The minimum atomic E-state index is 0.437. The van der Waals surface area contributed by atoms with Crippen LogP contribution in [0.25, 0.3) is 11.5 Å². The summed E-state index contributed by atoms with van der Waals surface area (Å²) >= 11 is 3.44. The fourth-order valence-electron chi connectivity index (χ4n) is 2.97. The van der Waals surface area contributed by atoms with Gasteiger partial charge in [-0.15, -0.1) is 0 Å². The molecule has 1 saturated carbocycles. The van der Waals surface area contributed by atoms with E-state index in [1.54, 1.807) is 0 Å². The molecular weight excluding hydrogens is 330 g/mol. The summed E-state index contributed by atoms with van der Waals surface area (Å²) in [5.74, 6) is 1.85. The second kappa shape index (κ2) is 6.60. The van der Waals surface area contributed by atoms with E-state index >= 15 is 0 Å². The van der Waals surface area contributed by atoms with Gasteiger partial charge in [-0.2, -0.15) is 4.98 Å². The average Bonchev–Trinajstić information content (AvgIpc) is 2.86. The molecule has 0 saturated heterocycles. The summed E-state index contributed by atoms with van der Waals surface area (Å²) in [7, 11) is 0. The van der Waals surface area contributed by atoms with Crippen molar-refractivity contribution in [3.8, 4) is 11.5 Å². The predicted octanol–water partition coefficient (Wildman–Crippen LogP) is 4.91. The van der Waals surface area contributed by atoms with Crippen LogP contribution in [-0.4, -0.2) is 10.1 Å². The van der Waals surface area contributed by atoms with Crippen LogP contribution in [0.1, 0.15) is 56.7 Å². The van der Waals surface area contributed by atoms with E-state index in [0.717, 1.165) is 15.9 Å². The van der Waals surface area contributed by atoms with Gasteiger partial charge in [0.1, 0.15) is 0 Å². The number of halogens is 1. The lowest BCUT2D eigenvalue weighted by molar-refractivity contribution is 0.393. The number of nitrogen functional groups attached to an aromatic ring is 1. The molecule has 0 bridgehead atoms. The van der Waals surface area contributed by atoms with Crippen molar-refractivity contribution in [1.29, 1.82) is 0 Å². The zero-order valence-electron chi connectivity index (χ0n) is 12.0. The van der Waals surface area contributed by atoms with Crippen molar-refractivity contribution in [3.05, 3.63) is 28.5 Å². The topological polar surface area (TPSA) is 64.9 Å². The number of hydrogen-bond acceptors (Lipinski definition) is 4. The number of benzene rings is 1. The quantitative estimate of drug-likeness (QED) is 0.782. The normalized spacial score (nSPS) is 17.4. The highest BCUT2D eigenvalue weighted by molar-refractivity contribution is 9.10. The van der Waals surface area contributed by atoms with Crippen molar-refractivity contribution in [3.63, 3.8) is 0 Å². The number of nitrogens with two attached hydrogens (primary N) is 1. The van der Waals surface area contributed by atoms with E-state index in [4.69, 9.17) is 10.3 Å². The Morgan fingerprint density at radius 3 is 2.48 bits per heavy atom. The molecule has 0 radical (unpaired) electrons. The molecule has 1 heterocycles. The molecular formula is C16H20BrN3O. The van der Waals surface area contributed by atoms with Crippen LogP contribution in [0.2, 0.25) is 0 Å². The van der Waals surface area contributed by atoms with Crippen LogP contribution in [0, 0.1) is 0 Å². The van der Waals surface area contributed by atoms with E-state index in [-0.39, 0.29) is 0 Å². The van der Waals surface area contributed by atoms with E-state index in [2.05, 4.69) is 26.1 Å². The Labute approximate surface area is 133 Å². The van der Waals surface area contributed by atoms with Crippen LogP contribution in [0.3, 0.4) is 0 Å². The Morgan fingerprint density at radius 1 is 1.05 bits per heavy atom. The van der Waals surface area contributed by atoms with Gasteiger partial charge in [0.05, 0.1) is 0 Å². The fraction of sp³-hybridized carbons (Fsp3) is 0.500. The summed E-state index contributed by atoms with van der Waals surface area (Å²) in [6.45, 7) is 0. The van der Waals surface area contributed by atoms with Crippen molar-refractivity contribution in [1.82, 2.24) is 10.1 Å². The molecule has 0 atom stereocenters. The van der Waals surface area contributed by atoms with Crippen LogP contribution in [0.15, 0.2) is 27.2 Å². The lowest BCUT2D eigenvalue weighted by Gasteiger charge is -2.15. The van der Waals surface area contributed by atoms with Gasteiger partial charge < -0.3 is 10.3 Å². The monoisotopic (exact) mass is 349 g/mol. The third-order valence-corrected chi connectivity index (χ3v) is 4.54. The molecule has 2 N–H and O–H groups in total. The number of nitrogens with zero attached hydrogens (tertiary/aromatic N) is 2. The van der Waals surface area contributed by atoms with E-state index < -0.39 is 0 Å². The van der Waals surface area contributed by atoms with Crippen molar-refractivity contribution in [2.24, 2.45) is 0 Å². The van der Waals surface area contributed by atoms with Crippen LogP contribution in [0.4, 0.5) is 5.69 Å². The average molecular weight is 350 g/mol. The molecule has 1 aliphatic carbocycles. The lowest BCUT2D eigenvalue weighted by atomic mass is 9.91. The van der Waals surface area contributed by atoms with Gasteiger partial charge in [-0.1, -0.05) is 53.2 Å². The van der Waals surface area contributed by atoms with Gasteiger partial charge in [-0.25, -0.2) is 0 Å². The smallest absolute Gasteiger partial charge is 0.258 e. The van der Waals surface area contributed by atoms with Gasteiger partial charge >= 0.3 is 0 Å². The summed E-state index contributed by atoms with van der Waals surface area (Å²) in [4.78, 5) is 4.60. The second-order valence-electron chi connectivity index (χ2n) is 5.77. The van der Waals surface area contributed by atoms with Gasteiger partial charge in [0.2, 0.25) is 0 Å². The maximum atomic E-state index is 5.86. The first-order valence-electron chi connectivity index (χ1n) is 7.62. The molecule has 5 heteroatoms. The van der Waals surface area contributed by atoms with Crippen LogP contribution in [0.5, 0.6) is 0 Å². The van der Waals surface area contributed by atoms with Gasteiger partial charge in [0, 0.05) is 21.6 Å². The summed E-state index contributed by atoms with van der Waals surface area (Å²) in [6, 6.07) is 5.67. The van der Waals surface area contributed by atoms with Crippen LogP contribution < -0.4 is 5.73 Å². The largest absolute Gasteiger partial charge is 0.399 e. The fourth-order valence-corrected chi connectivity index (χ4v) is 3.48. The van der Waals surface area contributed by atoms with Crippen molar-refractivity contribution < 1.29 is 4.52 Å². The minimum absolute atomic E-state index is 0.437. The maximum Gasteiger partial charge on any atom is 0.258 e. The number of anilines is 1. The number of aromatic nitrogens is 2. The molecule has 1 fully saturated rings. The predicted molar refractivity (Wildman–Crippen MR) is 86.9 cm³/mol. The first-order chi connectivity index (χ1) is 10.2. The van der Waals surface area contributed by atoms with Crippen molar-refractivity contribution >= 4 is 21.6 Å². The van der Waals surface area contributed by atoms with Crippen LogP contribution in [-0.2, 0) is 0 Å². The molecule has 2 aromatic rings. The van der Waals surface area contributed by atoms with Gasteiger partial charge in [0.25, 0.3) is 5.89 Å². The Bertz CT molecular complexity index is 583. The van der Waals surface area contributed by atoms with E-state index in [9.17, 15) is 0 Å². The standard InChI is InChI=1S/C16H20BrN3O/c17-13-8-12(9-14(18)10-13)16-19-15(20-21-16)11-6-4-2-1-3-5-7-11/h8-11H,1-7,18H2. The highest BCUT2D eigenvalue weighted by atomic mass is 79.9. The molecule has 0 spiro atoms. The van der Waals surface area contributed by atoms with E-state index in [1.807, 2.05) is 18.2 Å². The molecule has 112 valence electrons. The highest BCUT2D eigenvalue weighted by Crippen LogP contribution is 2.31. The third-order valence-electron chi connectivity index (χ3n) is 4.08. The maximum absolute atomic E-state index is 5.86. The van der Waals surface area contributed by atoms with Gasteiger partial charge in [0.15, 0.2) is 5.82 Å². The first kappa shape index (κ1) is 14.6. The van der Waals surface area contributed by atoms with E-state index in [1.165, 1.54) is 44.9 Å². The van der Waals surface area contributed by atoms with Gasteiger partial charge in [-0.05, 0) is 31.0 Å². The Hall–Kier alpha value is -1.36. The first-order valence-corrected chi connectivity index (χ1v) is 8.42. The molecule has 1 aromatic carbocycles. The molecule has 4 nitrogen and oxygen atoms in total. The van der Waals surface area contributed by atoms with Gasteiger partial charge in [-0.3, -0.25) is 0 Å². The summed E-state index contributed by atoms with van der Waals surface area (Å²) in [5.41, 5.74) is 7.42. The molecule has 0 unspecified atom stereocenters. The zero-order chi connectivity index (χ0) is 14.7. The third kappa shape index (κ3) is 3.64. The molecule has 1 aromatic heterocycles. The second-order valence-corrected chi connectivity index (χ2v) is 6.69. The van der Waals surface area contributed by atoms with E-state index in [0.29, 0.717) is 17.5 Å².